The Hall–Kier alpha value is -3.65. The van der Waals surface area contributed by atoms with Gasteiger partial charge in [-0.3, -0.25) is 0 Å². The number of nitrogens with one attached hydrogen (secondary N) is 2. The van der Waals surface area contributed by atoms with Crippen LogP contribution < -0.4 is 20.4 Å². The number of aromatic nitrogens is 2. The van der Waals surface area contributed by atoms with Crippen LogP contribution in [0.5, 0.6) is 0 Å². The van der Waals surface area contributed by atoms with Gasteiger partial charge in [0, 0.05) is 77.6 Å². The number of carbonyl (C=O) groups excluding carboxylic acids is 2. The molecule has 0 radical (unpaired) electrons. The zero-order valence-corrected chi connectivity index (χ0v) is 27.8. The number of anilines is 2. The average Bonchev–Trinajstić information content (AvgIpc) is 3.80. The van der Waals surface area contributed by atoms with Gasteiger partial charge in [0.15, 0.2) is 0 Å². The second kappa shape index (κ2) is 10.7. The van der Waals surface area contributed by atoms with Gasteiger partial charge in [-0.15, -0.1) is 8.57 Å². The molecule has 0 unspecified atom stereocenters. The van der Waals surface area contributed by atoms with E-state index in [4.69, 9.17) is 17.6 Å². The molecule has 2 aromatic heterocycles. The lowest BCUT2D eigenvalue weighted by Crippen LogP contribution is -2.45. The molecular formula is C30H40N10O8S. The van der Waals surface area contributed by atoms with Crippen molar-refractivity contribution in [3.05, 3.63) is 23.5 Å². The van der Waals surface area contributed by atoms with Crippen molar-refractivity contribution in [3.63, 3.8) is 0 Å². The lowest BCUT2D eigenvalue weighted by Gasteiger charge is -2.36. The topological polar surface area (TPSA) is 182 Å². The van der Waals surface area contributed by atoms with Crippen molar-refractivity contribution in [2.45, 2.75) is 62.7 Å². The summed E-state index contributed by atoms with van der Waals surface area (Å²) in [5.41, 5.74) is 0.700. The van der Waals surface area contributed by atoms with Crippen LogP contribution in [0.15, 0.2) is 21.2 Å². The normalized spacial score (nSPS) is 31.5. The first-order chi connectivity index (χ1) is 23.7. The van der Waals surface area contributed by atoms with Crippen molar-refractivity contribution in [2.75, 3.05) is 75.2 Å². The van der Waals surface area contributed by atoms with E-state index in [9.17, 15) is 18.0 Å². The number of hydrogen-bond donors (Lipinski definition) is 2. The van der Waals surface area contributed by atoms with Gasteiger partial charge in [-0.2, -0.15) is 18.5 Å². The van der Waals surface area contributed by atoms with E-state index in [1.165, 1.54) is 0 Å². The van der Waals surface area contributed by atoms with Gasteiger partial charge >= 0.3 is 22.5 Å². The van der Waals surface area contributed by atoms with Crippen LogP contribution in [0.3, 0.4) is 0 Å². The van der Waals surface area contributed by atoms with Gasteiger partial charge in [0.05, 0.1) is 24.2 Å². The molecule has 2 N–H and O–H groups in total. The fourth-order valence-electron chi connectivity index (χ4n) is 9.11. The van der Waals surface area contributed by atoms with Crippen LogP contribution in [-0.4, -0.2) is 128 Å². The molecule has 4 atom stereocenters. The lowest BCUT2D eigenvalue weighted by molar-refractivity contribution is -0.101. The first-order valence-corrected chi connectivity index (χ1v) is 18.7. The maximum atomic E-state index is 13.8. The SMILES string of the molecule is O=C1N2C[C@H](N1OS(=O)(=O)ON1C(=O)N3C[C@H]1C1(CC1)C[C@H]3c1cc(N3CCNCC3)on1)C1(CC1)C[C@H]2c1cc(N2CCNCC2)on1. The molecule has 10 rings (SSSR count). The van der Waals surface area contributed by atoms with Crippen LogP contribution in [0.2, 0.25) is 0 Å². The third kappa shape index (κ3) is 4.83. The fourth-order valence-corrected chi connectivity index (χ4v) is 9.86. The zero-order valence-electron chi connectivity index (χ0n) is 27.0. The molecule has 264 valence electrons. The number of hydrogen-bond acceptors (Lipinski definition) is 14. The second-order valence-electron chi connectivity index (χ2n) is 14.9. The molecule has 6 saturated heterocycles. The highest BCUT2D eigenvalue weighted by Crippen LogP contribution is 2.63. The van der Waals surface area contributed by atoms with Crippen molar-refractivity contribution in [3.8, 4) is 0 Å². The smallest absolute Gasteiger partial charge is 0.338 e. The van der Waals surface area contributed by atoms with Gasteiger partial charge in [0.25, 0.3) is 0 Å². The van der Waals surface area contributed by atoms with Crippen LogP contribution in [0, 0.1) is 10.8 Å². The van der Waals surface area contributed by atoms with Crippen molar-refractivity contribution >= 4 is 34.2 Å². The largest absolute Gasteiger partial charge is 0.442 e. The molecule has 8 aliphatic rings. The monoisotopic (exact) mass is 700 g/mol. The molecule has 2 spiro atoms. The van der Waals surface area contributed by atoms with E-state index in [1.807, 2.05) is 12.1 Å². The molecular weight excluding hydrogens is 660 g/mol. The molecule has 6 aliphatic heterocycles. The Kier molecular flexibility index (Phi) is 6.58. The number of urea groups is 2. The Morgan fingerprint density at radius 1 is 0.694 bits per heavy atom. The summed E-state index contributed by atoms with van der Waals surface area (Å²) < 4.78 is 49.6. The molecule has 18 nitrogen and oxygen atoms in total. The summed E-state index contributed by atoms with van der Waals surface area (Å²) in [5.74, 6) is 1.32. The predicted octanol–water partition coefficient (Wildman–Crippen LogP) is 0.952. The third-order valence-corrected chi connectivity index (χ3v) is 12.9. The molecule has 8 heterocycles. The number of carbonyl (C=O) groups is 2. The van der Waals surface area contributed by atoms with Gasteiger partial charge in [-0.25, -0.2) is 9.59 Å². The van der Waals surface area contributed by atoms with E-state index >= 15 is 0 Å². The zero-order chi connectivity index (χ0) is 33.1. The number of nitrogens with zero attached hydrogens (tertiary/aromatic N) is 8. The quantitative estimate of drug-likeness (QED) is 0.397. The Bertz CT molecular complexity index is 1640. The Morgan fingerprint density at radius 2 is 1.10 bits per heavy atom. The van der Waals surface area contributed by atoms with Crippen LogP contribution >= 0.6 is 0 Å². The predicted molar refractivity (Wildman–Crippen MR) is 168 cm³/mol. The molecule has 2 saturated carbocycles. The van der Waals surface area contributed by atoms with Crippen LogP contribution in [0.25, 0.3) is 0 Å². The molecule has 19 heteroatoms. The fraction of sp³-hybridized carbons (Fsp3) is 0.733. The summed E-state index contributed by atoms with van der Waals surface area (Å²) >= 11 is 0. The standard InChI is InChI=1S/C30H40N10O8S/c41-27-37-17-23(29(1-2-29)15-21(37)19-13-25(45-33-19)35-9-5-31-6-10-35)39(27)47-49(43,44)48-40-24-18-38(28(40)42)22(16-30(24)3-4-30)20-14-26(46-34-20)36-11-7-32-8-12-36/h13-14,21-24,31-32H,1-12,15-18H2/t21-,22-,23-,24-/m0/s1. The Labute approximate surface area is 282 Å². The minimum atomic E-state index is -4.86. The van der Waals surface area contributed by atoms with Crippen molar-refractivity contribution < 1.29 is 35.6 Å². The highest BCUT2D eigenvalue weighted by Gasteiger charge is 2.66. The first-order valence-electron chi connectivity index (χ1n) is 17.4. The number of piperazine rings is 2. The summed E-state index contributed by atoms with van der Waals surface area (Å²) in [7, 11) is -4.86. The van der Waals surface area contributed by atoms with E-state index < -0.39 is 34.5 Å². The van der Waals surface area contributed by atoms with E-state index in [0.717, 1.165) is 88.2 Å². The van der Waals surface area contributed by atoms with Crippen LogP contribution in [0.4, 0.5) is 21.4 Å². The molecule has 2 aliphatic carbocycles. The molecule has 49 heavy (non-hydrogen) atoms. The van der Waals surface area contributed by atoms with Crippen molar-refractivity contribution in [2.24, 2.45) is 10.8 Å². The molecule has 0 aromatic carbocycles. The van der Waals surface area contributed by atoms with E-state index in [-0.39, 0.29) is 22.9 Å². The van der Waals surface area contributed by atoms with Gasteiger partial charge < -0.3 is 39.3 Å². The molecule has 2 aromatic rings. The van der Waals surface area contributed by atoms with Crippen molar-refractivity contribution in [1.29, 1.82) is 0 Å². The molecule has 4 bridgehead atoms. The maximum absolute atomic E-state index is 13.8. The first kappa shape index (κ1) is 30.2. The minimum Gasteiger partial charge on any atom is -0.338 e. The van der Waals surface area contributed by atoms with E-state index in [2.05, 4.69) is 30.7 Å². The minimum absolute atomic E-state index is 0.296. The van der Waals surface area contributed by atoms with Gasteiger partial charge in [0.1, 0.15) is 11.4 Å². The Balaban J connectivity index is 0.854. The number of fused-ring (bicyclic) bond motifs is 6. The summed E-state index contributed by atoms with van der Waals surface area (Å²) in [4.78, 5) is 35.1. The molecule has 4 amide bonds. The van der Waals surface area contributed by atoms with Gasteiger partial charge in [-0.1, -0.05) is 10.3 Å². The number of piperidine rings is 2. The Morgan fingerprint density at radius 3 is 1.49 bits per heavy atom. The summed E-state index contributed by atoms with van der Waals surface area (Å²) in [6, 6.07) is 0.960. The van der Waals surface area contributed by atoms with E-state index in [0.29, 0.717) is 49.1 Å². The second-order valence-corrected chi connectivity index (χ2v) is 16.0. The summed E-state index contributed by atoms with van der Waals surface area (Å²) in [6.45, 7) is 7.18. The van der Waals surface area contributed by atoms with Crippen LogP contribution in [-0.2, 0) is 19.0 Å². The molecule has 8 fully saturated rings. The lowest BCUT2D eigenvalue weighted by atomic mass is 9.84. The van der Waals surface area contributed by atoms with Gasteiger partial charge in [0.2, 0.25) is 11.8 Å². The van der Waals surface area contributed by atoms with Crippen LogP contribution in [0.1, 0.15) is 62.0 Å². The summed E-state index contributed by atoms with van der Waals surface area (Å²) in [6.07, 6.45) is 4.60. The number of rotatable bonds is 8. The third-order valence-electron chi connectivity index (χ3n) is 12.2. The van der Waals surface area contributed by atoms with Crippen molar-refractivity contribution in [1.82, 2.24) is 40.9 Å². The number of hydroxylamine groups is 4. The summed E-state index contributed by atoms with van der Waals surface area (Å²) in [5, 5.41) is 17.2. The highest BCUT2D eigenvalue weighted by molar-refractivity contribution is 7.81. The maximum Gasteiger partial charge on any atom is 0.442 e. The van der Waals surface area contributed by atoms with E-state index in [1.54, 1.807) is 9.80 Å². The highest BCUT2D eigenvalue weighted by atomic mass is 32.3. The number of amides is 4. The van der Waals surface area contributed by atoms with Gasteiger partial charge in [-0.05, 0) is 49.4 Å². The average molecular weight is 701 g/mol.